The van der Waals surface area contributed by atoms with Crippen molar-refractivity contribution in [2.24, 2.45) is 11.8 Å². The SMILES string of the molecule is CC(CCc1ccc(Br)cc1)NC(=O)C1CCC(C(=O)O)CC1. The fraction of sp³-hybridized carbons (Fsp3) is 0.556. The lowest BCUT2D eigenvalue weighted by Gasteiger charge is -2.26. The van der Waals surface area contributed by atoms with Crippen molar-refractivity contribution >= 4 is 27.8 Å². The number of aliphatic carboxylic acids is 1. The number of carbonyl (C=O) groups is 2. The number of amides is 1. The minimum absolute atomic E-state index is 0.0271. The Kier molecular flexibility index (Phi) is 6.63. The summed E-state index contributed by atoms with van der Waals surface area (Å²) in [6.07, 6.45) is 4.42. The number of carboxylic acids is 1. The zero-order chi connectivity index (χ0) is 16.8. The van der Waals surface area contributed by atoms with Crippen LogP contribution < -0.4 is 5.32 Å². The fourth-order valence-electron chi connectivity index (χ4n) is 3.07. The van der Waals surface area contributed by atoms with Crippen molar-refractivity contribution in [3.05, 3.63) is 34.3 Å². The molecule has 1 aliphatic rings. The lowest BCUT2D eigenvalue weighted by atomic mass is 9.81. The van der Waals surface area contributed by atoms with E-state index in [2.05, 4.69) is 33.4 Å². The van der Waals surface area contributed by atoms with Gasteiger partial charge < -0.3 is 10.4 Å². The van der Waals surface area contributed by atoms with Gasteiger partial charge in [0, 0.05) is 16.4 Å². The van der Waals surface area contributed by atoms with Crippen LogP contribution in [0.5, 0.6) is 0 Å². The average Bonchev–Trinajstić information content (AvgIpc) is 2.54. The van der Waals surface area contributed by atoms with Crippen LogP contribution in [0.15, 0.2) is 28.7 Å². The van der Waals surface area contributed by atoms with Crippen LogP contribution in [0, 0.1) is 11.8 Å². The molecule has 1 amide bonds. The van der Waals surface area contributed by atoms with Gasteiger partial charge in [-0.25, -0.2) is 0 Å². The van der Waals surface area contributed by atoms with Crippen molar-refractivity contribution in [3.8, 4) is 0 Å². The highest BCUT2D eigenvalue weighted by molar-refractivity contribution is 9.10. The Morgan fingerprint density at radius 2 is 1.74 bits per heavy atom. The minimum atomic E-state index is -0.730. The van der Waals surface area contributed by atoms with Gasteiger partial charge in [0.2, 0.25) is 5.91 Å². The maximum atomic E-state index is 12.3. The van der Waals surface area contributed by atoms with Crippen LogP contribution in [0.25, 0.3) is 0 Å². The molecule has 1 unspecified atom stereocenters. The van der Waals surface area contributed by atoms with E-state index in [1.54, 1.807) is 0 Å². The summed E-state index contributed by atoms with van der Waals surface area (Å²) >= 11 is 3.42. The highest BCUT2D eigenvalue weighted by atomic mass is 79.9. The van der Waals surface area contributed by atoms with Crippen molar-refractivity contribution in [1.29, 1.82) is 0 Å². The van der Waals surface area contributed by atoms with E-state index in [1.165, 1.54) is 5.56 Å². The molecule has 0 aliphatic heterocycles. The van der Waals surface area contributed by atoms with Crippen molar-refractivity contribution in [3.63, 3.8) is 0 Å². The summed E-state index contributed by atoms with van der Waals surface area (Å²) in [6, 6.07) is 8.36. The van der Waals surface area contributed by atoms with Gasteiger partial charge in [0.1, 0.15) is 0 Å². The molecule has 23 heavy (non-hydrogen) atoms. The topological polar surface area (TPSA) is 66.4 Å². The van der Waals surface area contributed by atoms with Crippen LogP contribution in [0.2, 0.25) is 0 Å². The smallest absolute Gasteiger partial charge is 0.306 e. The van der Waals surface area contributed by atoms with E-state index in [1.807, 2.05) is 19.1 Å². The van der Waals surface area contributed by atoms with Crippen molar-refractivity contribution in [1.82, 2.24) is 5.32 Å². The van der Waals surface area contributed by atoms with E-state index in [0.717, 1.165) is 17.3 Å². The Bertz CT molecular complexity index is 536. The van der Waals surface area contributed by atoms with Gasteiger partial charge in [-0.15, -0.1) is 0 Å². The van der Waals surface area contributed by atoms with Gasteiger partial charge in [0.05, 0.1) is 5.92 Å². The summed E-state index contributed by atoms with van der Waals surface area (Å²) in [6.45, 7) is 2.03. The molecular formula is C18H24BrNO3. The Morgan fingerprint density at radius 1 is 1.17 bits per heavy atom. The van der Waals surface area contributed by atoms with Crippen LogP contribution in [0.3, 0.4) is 0 Å². The standard InChI is InChI=1S/C18H24BrNO3/c1-12(2-3-13-4-10-16(19)11-5-13)20-17(21)14-6-8-15(9-7-14)18(22)23/h4-5,10-12,14-15H,2-3,6-9H2,1H3,(H,20,21)(H,22,23). The predicted molar refractivity (Wildman–Crippen MR) is 93.2 cm³/mol. The van der Waals surface area contributed by atoms with E-state index >= 15 is 0 Å². The summed E-state index contributed by atoms with van der Waals surface area (Å²) in [5.74, 6) is -0.946. The number of carbonyl (C=O) groups excluding carboxylic acids is 1. The number of hydrogen-bond acceptors (Lipinski definition) is 2. The summed E-state index contributed by atoms with van der Waals surface area (Å²) in [5, 5.41) is 12.1. The summed E-state index contributed by atoms with van der Waals surface area (Å²) < 4.78 is 1.07. The Morgan fingerprint density at radius 3 is 2.30 bits per heavy atom. The molecule has 0 saturated heterocycles. The Balaban J connectivity index is 1.72. The molecule has 0 spiro atoms. The molecule has 0 heterocycles. The monoisotopic (exact) mass is 381 g/mol. The molecule has 4 nitrogen and oxygen atoms in total. The molecule has 1 aromatic rings. The molecule has 2 N–H and O–H groups in total. The summed E-state index contributed by atoms with van der Waals surface area (Å²) in [4.78, 5) is 23.2. The third-order valence-corrected chi connectivity index (χ3v) is 5.14. The maximum Gasteiger partial charge on any atom is 0.306 e. The average molecular weight is 382 g/mol. The first-order valence-corrected chi connectivity index (χ1v) is 9.02. The Hall–Kier alpha value is -1.36. The zero-order valence-electron chi connectivity index (χ0n) is 13.4. The third kappa shape index (κ3) is 5.65. The molecule has 2 rings (SSSR count). The number of halogens is 1. The molecular weight excluding hydrogens is 358 g/mol. The number of aryl methyl sites for hydroxylation is 1. The van der Waals surface area contributed by atoms with Crippen LogP contribution in [0.1, 0.15) is 44.6 Å². The molecule has 126 valence electrons. The highest BCUT2D eigenvalue weighted by Gasteiger charge is 2.30. The second-order valence-electron chi connectivity index (χ2n) is 6.46. The second kappa shape index (κ2) is 8.48. The van der Waals surface area contributed by atoms with Gasteiger partial charge in [-0.3, -0.25) is 9.59 Å². The first-order valence-electron chi connectivity index (χ1n) is 8.23. The van der Waals surface area contributed by atoms with Crippen LogP contribution in [-0.2, 0) is 16.0 Å². The van der Waals surface area contributed by atoms with E-state index < -0.39 is 5.97 Å². The number of nitrogens with one attached hydrogen (secondary N) is 1. The maximum absolute atomic E-state index is 12.3. The molecule has 5 heteroatoms. The van der Waals surface area contributed by atoms with Gasteiger partial charge in [0.15, 0.2) is 0 Å². The van der Waals surface area contributed by atoms with Gasteiger partial charge in [-0.1, -0.05) is 28.1 Å². The second-order valence-corrected chi connectivity index (χ2v) is 7.38. The molecule has 1 fully saturated rings. The van der Waals surface area contributed by atoms with Crippen LogP contribution >= 0.6 is 15.9 Å². The highest BCUT2D eigenvalue weighted by Crippen LogP contribution is 2.29. The van der Waals surface area contributed by atoms with Crippen molar-refractivity contribution in [2.75, 3.05) is 0 Å². The molecule has 0 bridgehead atoms. The molecule has 1 aliphatic carbocycles. The predicted octanol–water partition coefficient (Wildman–Crippen LogP) is 3.78. The number of carboxylic acid groups (broad SMARTS) is 1. The summed E-state index contributed by atoms with van der Waals surface area (Å²) in [5.41, 5.74) is 1.26. The van der Waals surface area contributed by atoms with E-state index in [4.69, 9.17) is 5.11 Å². The first kappa shape index (κ1) is 18.0. The number of benzene rings is 1. The normalized spacial score (nSPS) is 22.3. The van der Waals surface area contributed by atoms with Gasteiger partial charge >= 0.3 is 5.97 Å². The lowest BCUT2D eigenvalue weighted by Crippen LogP contribution is -2.39. The Labute approximate surface area is 145 Å². The van der Waals surface area contributed by atoms with Crippen molar-refractivity contribution < 1.29 is 14.7 Å². The van der Waals surface area contributed by atoms with Crippen molar-refractivity contribution in [2.45, 2.75) is 51.5 Å². The number of rotatable bonds is 6. The molecule has 1 saturated carbocycles. The van der Waals surface area contributed by atoms with Gasteiger partial charge in [-0.05, 0) is 63.1 Å². The van der Waals surface area contributed by atoms with E-state index in [0.29, 0.717) is 25.7 Å². The quantitative estimate of drug-likeness (QED) is 0.787. The minimum Gasteiger partial charge on any atom is -0.481 e. The fourth-order valence-corrected chi connectivity index (χ4v) is 3.33. The number of hydrogen-bond donors (Lipinski definition) is 2. The lowest BCUT2D eigenvalue weighted by molar-refractivity contribution is -0.144. The zero-order valence-corrected chi connectivity index (χ0v) is 15.0. The van der Waals surface area contributed by atoms with Crippen LogP contribution in [-0.4, -0.2) is 23.0 Å². The first-order chi connectivity index (χ1) is 11.0. The molecule has 1 atom stereocenters. The van der Waals surface area contributed by atoms with Gasteiger partial charge in [0.25, 0.3) is 0 Å². The van der Waals surface area contributed by atoms with Crippen LogP contribution in [0.4, 0.5) is 0 Å². The molecule has 0 aromatic heterocycles. The molecule has 1 aromatic carbocycles. The largest absolute Gasteiger partial charge is 0.481 e. The summed E-state index contributed by atoms with van der Waals surface area (Å²) in [7, 11) is 0. The molecule has 0 radical (unpaired) electrons. The van der Waals surface area contributed by atoms with Gasteiger partial charge in [-0.2, -0.15) is 0 Å². The third-order valence-electron chi connectivity index (χ3n) is 4.62. The van der Waals surface area contributed by atoms with E-state index in [-0.39, 0.29) is 23.8 Å². The van der Waals surface area contributed by atoms with E-state index in [9.17, 15) is 9.59 Å².